The van der Waals surface area contributed by atoms with Crippen LogP contribution < -0.4 is 5.32 Å². The van der Waals surface area contributed by atoms with E-state index in [1.165, 1.54) is 0 Å². The lowest BCUT2D eigenvalue weighted by molar-refractivity contribution is 0.0938. The van der Waals surface area contributed by atoms with Crippen molar-refractivity contribution in [2.75, 3.05) is 0 Å². The molecule has 0 fully saturated rings. The first-order valence-corrected chi connectivity index (χ1v) is 5.53. The SMILES string of the molecule is Cc1cccc(C(=O)N[C@H](C)c2ncc[nH]2)c1. The number of benzene rings is 1. The van der Waals surface area contributed by atoms with Crippen molar-refractivity contribution >= 4 is 5.91 Å². The minimum atomic E-state index is -0.127. The smallest absolute Gasteiger partial charge is 0.251 e. The lowest BCUT2D eigenvalue weighted by Gasteiger charge is -2.11. The van der Waals surface area contributed by atoms with E-state index in [1.807, 2.05) is 32.0 Å². The molecule has 0 unspecified atom stereocenters. The van der Waals surface area contributed by atoms with Gasteiger partial charge < -0.3 is 10.3 Å². The van der Waals surface area contributed by atoms with E-state index >= 15 is 0 Å². The Bertz CT molecular complexity index is 505. The summed E-state index contributed by atoms with van der Waals surface area (Å²) in [6.45, 7) is 3.86. The van der Waals surface area contributed by atoms with Crippen LogP contribution in [0.4, 0.5) is 0 Å². The molecule has 1 heterocycles. The minimum Gasteiger partial charge on any atom is -0.347 e. The highest BCUT2D eigenvalue weighted by Crippen LogP contribution is 2.09. The molecule has 0 radical (unpaired) electrons. The van der Waals surface area contributed by atoms with Gasteiger partial charge in [0.1, 0.15) is 5.82 Å². The second kappa shape index (κ2) is 4.82. The molecule has 0 spiro atoms. The fraction of sp³-hybridized carbons (Fsp3) is 0.231. The van der Waals surface area contributed by atoms with Gasteiger partial charge in [-0.2, -0.15) is 0 Å². The van der Waals surface area contributed by atoms with E-state index in [4.69, 9.17) is 0 Å². The van der Waals surface area contributed by atoms with E-state index in [0.29, 0.717) is 5.56 Å². The van der Waals surface area contributed by atoms with Crippen LogP contribution in [0.2, 0.25) is 0 Å². The molecule has 17 heavy (non-hydrogen) atoms. The zero-order valence-electron chi connectivity index (χ0n) is 9.90. The molecule has 0 aliphatic rings. The molecule has 0 bridgehead atoms. The van der Waals surface area contributed by atoms with Gasteiger partial charge in [-0.25, -0.2) is 4.98 Å². The van der Waals surface area contributed by atoms with Crippen molar-refractivity contribution in [2.24, 2.45) is 0 Å². The molecule has 2 N–H and O–H groups in total. The van der Waals surface area contributed by atoms with Crippen LogP contribution in [0.5, 0.6) is 0 Å². The number of nitrogens with zero attached hydrogens (tertiary/aromatic N) is 1. The number of aryl methyl sites for hydroxylation is 1. The number of carbonyl (C=O) groups is 1. The second-order valence-electron chi connectivity index (χ2n) is 4.04. The summed E-state index contributed by atoms with van der Waals surface area (Å²) >= 11 is 0. The van der Waals surface area contributed by atoms with E-state index < -0.39 is 0 Å². The Morgan fingerprint density at radius 3 is 2.94 bits per heavy atom. The molecule has 88 valence electrons. The van der Waals surface area contributed by atoms with Gasteiger partial charge in [-0.15, -0.1) is 0 Å². The van der Waals surface area contributed by atoms with Gasteiger partial charge in [0.25, 0.3) is 5.91 Å². The van der Waals surface area contributed by atoms with Crippen molar-refractivity contribution < 1.29 is 4.79 Å². The minimum absolute atomic E-state index is 0.0856. The quantitative estimate of drug-likeness (QED) is 0.847. The average molecular weight is 229 g/mol. The Balaban J connectivity index is 2.07. The normalized spacial score (nSPS) is 12.1. The Labute approximate surface area is 100 Å². The van der Waals surface area contributed by atoms with Crippen molar-refractivity contribution in [1.29, 1.82) is 0 Å². The average Bonchev–Trinajstić information content (AvgIpc) is 2.82. The van der Waals surface area contributed by atoms with Gasteiger partial charge in [-0.3, -0.25) is 4.79 Å². The van der Waals surface area contributed by atoms with E-state index in [9.17, 15) is 4.79 Å². The van der Waals surface area contributed by atoms with Crippen LogP contribution in [0, 0.1) is 6.92 Å². The lowest BCUT2D eigenvalue weighted by atomic mass is 10.1. The van der Waals surface area contributed by atoms with Gasteiger partial charge in [0.2, 0.25) is 0 Å². The predicted octanol–water partition coefficient (Wildman–Crippen LogP) is 2.21. The molecule has 0 saturated carbocycles. The number of aromatic nitrogens is 2. The molecular weight excluding hydrogens is 214 g/mol. The maximum atomic E-state index is 11.9. The van der Waals surface area contributed by atoms with Crippen LogP contribution in [-0.4, -0.2) is 15.9 Å². The van der Waals surface area contributed by atoms with Crippen LogP contribution in [0.15, 0.2) is 36.7 Å². The fourth-order valence-electron chi connectivity index (χ4n) is 1.65. The number of rotatable bonds is 3. The van der Waals surface area contributed by atoms with E-state index in [1.54, 1.807) is 18.5 Å². The fourth-order valence-corrected chi connectivity index (χ4v) is 1.65. The summed E-state index contributed by atoms with van der Waals surface area (Å²) in [5, 5.41) is 2.89. The summed E-state index contributed by atoms with van der Waals surface area (Å²) in [7, 11) is 0. The highest BCUT2D eigenvalue weighted by Gasteiger charge is 2.12. The number of nitrogens with one attached hydrogen (secondary N) is 2. The molecule has 0 aliphatic carbocycles. The number of aromatic amines is 1. The summed E-state index contributed by atoms with van der Waals surface area (Å²) in [4.78, 5) is 19.0. The lowest BCUT2D eigenvalue weighted by Crippen LogP contribution is -2.27. The molecule has 1 atom stereocenters. The molecule has 0 aliphatic heterocycles. The molecule has 0 saturated heterocycles. The van der Waals surface area contributed by atoms with E-state index in [-0.39, 0.29) is 11.9 Å². The number of imidazole rings is 1. The number of hydrogen-bond donors (Lipinski definition) is 2. The summed E-state index contributed by atoms with van der Waals surface area (Å²) < 4.78 is 0. The van der Waals surface area contributed by atoms with Crippen molar-refractivity contribution in [3.8, 4) is 0 Å². The first-order chi connectivity index (χ1) is 8.16. The Kier molecular flexibility index (Phi) is 3.23. The third kappa shape index (κ3) is 2.72. The van der Waals surface area contributed by atoms with Crippen LogP contribution in [0.25, 0.3) is 0 Å². The number of hydrogen-bond acceptors (Lipinski definition) is 2. The summed E-state index contributed by atoms with van der Waals surface area (Å²) in [5.74, 6) is 0.670. The number of carbonyl (C=O) groups excluding carboxylic acids is 1. The zero-order valence-corrected chi connectivity index (χ0v) is 9.90. The van der Waals surface area contributed by atoms with Crippen molar-refractivity contribution in [3.63, 3.8) is 0 Å². The highest BCUT2D eigenvalue weighted by molar-refractivity contribution is 5.94. The van der Waals surface area contributed by atoms with E-state index in [0.717, 1.165) is 11.4 Å². The van der Waals surface area contributed by atoms with Crippen molar-refractivity contribution in [2.45, 2.75) is 19.9 Å². The first kappa shape index (κ1) is 11.4. The van der Waals surface area contributed by atoms with Gasteiger partial charge >= 0.3 is 0 Å². The van der Waals surface area contributed by atoms with Gasteiger partial charge in [-0.05, 0) is 26.0 Å². The number of H-pyrrole nitrogens is 1. The van der Waals surface area contributed by atoms with Crippen LogP contribution in [0.3, 0.4) is 0 Å². The molecule has 4 heteroatoms. The third-order valence-electron chi connectivity index (χ3n) is 2.56. The Hall–Kier alpha value is -2.10. The molecule has 1 aromatic carbocycles. The van der Waals surface area contributed by atoms with Gasteiger partial charge in [0, 0.05) is 18.0 Å². The molecule has 4 nitrogen and oxygen atoms in total. The molecule has 1 amide bonds. The Morgan fingerprint density at radius 1 is 1.47 bits per heavy atom. The maximum absolute atomic E-state index is 11.9. The van der Waals surface area contributed by atoms with E-state index in [2.05, 4.69) is 15.3 Å². The molecule has 2 rings (SSSR count). The monoisotopic (exact) mass is 229 g/mol. The molecule has 2 aromatic rings. The molecule has 1 aromatic heterocycles. The van der Waals surface area contributed by atoms with Gasteiger partial charge in [0.15, 0.2) is 0 Å². The standard InChI is InChI=1S/C13H15N3O/c1-9-4-3-5-11(8-9)13(17)16-10(2)12-14-6-7-15-12/h3-8,10H,1-2H3,(H,14,15)(H,16,17)/t10-/m1/s1. The van der Waals surface area contributed by atoms with Crippen LogP contribution >= 0.6 is 0 Å². The molecular formula is C13H15N3O. The third-order valence-corrected chi connectivity index (χ3v) is 2.56. The van der Waals surface area contributed by atoms with Crippen LogP contribution in [-0.2, 0) is 0 Å². The van der Waals surface area contributed by atoms with Crippen molar-refractivity contribution in [1.82, 2.24) is 15.3 Å². The van der Waals surface area contributed by atoms with Gasteiger partial charge in [0.05, 0.1) is 6.04 Å². The number of amides is 1. The van der Waals surface area contributed by atoms with Crippen LogP contribution in [0.1, 0.15) is 34.7 Å². The topological polar surface area (TPSA) is 57.8 Å². The predicted molar refractivity (Wildman–Crippen MR) is 65.6 cm³/mol. The summed E-state index contributed by atoms with van der Waals surface area (Å²) in [5.41, 5.74) is 1.74. The largest absolute Gasteiger partial charge is 0.347 e. The van der Waals surface area contributed by atoms with Crippen molar-refractivity contribution in [3.05, 3.63) is 53.6 Å². The summed E-state index contributed by atoms with van der Waals surface area (Å²) in [6.07, 6.45) is 3.41. The zero-order chi connectivity index (χ0) is 12.3. The van der Waals surface area contributed by atoms with Gasteiger partial charge in [-0.1, -0.05) is 17.7 Å². The maximum Gasteiger partial charge on any atom is 0.251 e. The second-order valence-corrected chi connectivity index (χ2v) is 4.04. The summed E-state index contributed by atoms with van der Waals surface area (Å²) in [6, 6.07) is 7.38. The Morgan fingerprint density at radius 2 is 2.29 bits per heavy atom. The first-order valence-electron chi connectivity index (χ1n) is 5.53. The highest BCUT2D eigenvalue weighted by atomic mass is 16.1.